The summed E-state index contributed by atoms with van der Waals surface area (Å²) in [7, 11) is 0. The SMILES string of the molecule is Cc1ccc([C@@H]2C[C@@H]2C(=O)N(CC(F)(F)F)C2CC2)s1. The van der Waals surface area contributed by atoms with Crippen molar-refractivity contribution in [2.24, 2.45) is 5.92 Å². The number of rotatable bonds is 4. The first-order valence-electron chi connectivity index (χ1n) is 6.79. The van der Waals surface area contributed by atoms with Crippen molar-refractivity contribution in [2.45, 2.75) is 44.3 Å². The van der Waals surface area contributed by atoms with Gasteiger partial charge in [0.2, 0.25) is 5.91 Å². The molecule has 20 heavy (non-hydrogen) atoms. The minimum absolute atomic E-state index is 0.135. The van der Waals surface area contributed by atoms with Crippen molar-refractivity contribution in [1.29, 1.82) is 0 Å². The smallest absolute Gasteiger partial charge is 0.330 e. The van der Waals surface area contributed by atoms with Gasteiger partial charge in [0.1, 0.15) is 6.54 Å². The zero-order chi connectivity index (χ0) is 14.5. The molecule has 0 N–H and O–H groups in total. The number of hydrogen-bond donors (Lipinski definition) is 0. The van der Waals surface area contributed by atoms with Crippen LogP contribution in [0.5, 0.6) is 0 Å². The quantitative estimate of drug-likeness (QED) is 0.830. The predicted octanol–water partition coefficient (Wildman–Crippen LogP) is 3.71. The Labute approximate surface area is 119 Å². The van der Waals surface area contributed by atoms with Gasteiger partial charge < -0.3 is 4.90 Å². The summed E-state index contributed by atoms with van der Waals surface area (Å²) in [6.07, 6.45) is -2.20. The van der Waals surface area contributed by atoms with Crippen molar-refractivity contribution in [2.75, 3.05) is 6.54 Å². The Morgan fingerprint density at radius 1 is 1.40 bits per heavy atom. The lowest BCUT2D eigenvalue weighted by Crippen LogP contribution is -2.41. The van der Waals surface area contributed by atoms with Crippen LogP contribution in [0.4, 0.5) is 13.2 Å². The Morgan fingerprint density at radius 2 is 2.10 bits per heavy atom. The highest BCUT2D eigenvalue weighted by molar-refractivity contribution is 7.12. The number of alkyl halides is 3. The molecule has 0 saturated heterocycles. The summed E-state index contributed by atoms with van der Waals surface area (Å²) in [5, 5.41) is 0. The van der Waals surface area contributed by atoms with E-state index in [-0.39, 0.29) is 23.8 Å². The molecule has 2 fully saturated rings. The molecule has 2 aliphatic carbocycles. The van der Waals surface area contributed by atoms with E-state index in [2.05, 4.69) is 0 Å². The monoisotopic (exact) mass is 303 g/mol. The van der Waals surface area contributed by atoms with E-state index in [1.165, 1.54) is 4.88 Å². The van der Waals surface area contributed by atoms with Crippen molar-refractivity contribution in [3.05, 3.63) is 21.9 Å². The molecule has 1 amide bonds. The van der Waals surface area contributed by atoms with Crippen LogP contribution >= 0.6 is 11.3 Å². The topological polar surface area (TPSA) is 20.3 Å². The van der Waals surface area contributed by atoms with Crippen LogP contribution in [0, 0.1) is 12.8 Å². The molecule has 1 aromatic heterocycles. The van der Waals surface area contributed by atoms with Crippen LogP contribution in [0.15, 0.2) is 12.1 Å². The van der Waals surface area contributed by atoms with Crippen molar-refractivity contribution >= 4 is 17.2 Å². The largest absolute Gasteiger partial charge is 0.406 e. The second-order valence-corrected chi connectivity index (χ2v) is 7.03. The number of nitrogens with zero attached hydrogens (tertiary/aromatic N) is 1. The molecule has 0 aliphatic heterocycles. The standard InChI is InChI=1S/C14H16F3NOS/c1-8-2-5-12(20-8)10-6-11(10)13(19)18(9-3-4-9)7-14(15,16)17/h2,5,9-11H,3-4,6-7H2,1H3/t10-,11+/m1/s1. The van der Waals surface area contributed by atoms with Crippen LogP contribution in [0.2, 0.25) is 0 Å². The molecule has 0 radical (unpaired) electrons. The summed E-state index contributed by atoms with van der Waals surface area (Å²) in [6.45, 7) is 0.900. The van der Waals surface area contributed by atoms with Crippen LogP contribution in [-0.4, -0.2) is 29.6 Å². The fourth-order valence-corrected chi connectivity index (χ4v) is 3.67. The molecule has 0 bridgehead atoms. The van der Waals surface area contributed by atoms with Gasteiger partial charge in [-0.3, -0.25) is 4.79 Å². The van der Waals surface area contributed by atoms with Gasteiger partial charge in [-0.2, -0.15) is 13.2 Å². The van der Waals surface area contributed by atoms with Crippen LogP contribution in [-0.2, 0) is 4.79 Å². The van der Waals surface area contributed by atoms with Crippen LogP contribution in [0.25, 0.3) is 0 Å². The molecular formula is C14H16F3NOS. The zero-order valence-corrected chi connectivity index (χ0v) is 11.9. The van der Waals surface area contributed by atoms with Crippen LogP contribution < -0.4 is 0 Å². The molecule has 2 saturated carbocycles. The number of carbonyl (C=O) groups excluding carboxylic acids is 1. The maximum Gasteiger partial charge on any atom is 0.406 e. The molecule has 1 aromatic rings. The van der Waals surface area contributed by atoms with Crippen molar-refractivity contribution < 1.29 is 18.0 Å². The van der Waals surface area contributed by atoms with Gasteiger partial charge in [-0.25, -0.2) is 0 Å². The summed E-state index contributed by atoms with van der Waals surface area (Å²) in [4.78, 5) is 15.6. The van der Waals surface area contributed by atoms with Gasteiger partial charge >= 0.3 is 6.18 Å². The summed E-state index contributed by atoms with van der Waals surface area (Å²) < 4.78 is 37.7. The number of aryl methyl sites for hydroxylation is 1. The first-order chi connectivity index (χ1) is 9.35. The maximum absolute atomic E-state index is 12.6. The van der Waals surface area contributed by atoms with Crippen LogP contribution in [0.1, 0.15) is 34.9 Å². The summed E-state index contributed by atoms with van der Waals surface area (Å²) in [5.74, 6) is -0.410. The second-order valence-electron chi connectivity index (χ2n) is 5.71. The first kappa shape index (κ1) is 13.9. The van der Waals surface area contributed by atoms with E-state index in [1.807, 2.05) is 19.1 Å². The van der Waals surface area contributed by atoms with E-state index >= 15 is 0 Å². The van der Waals surface area contributed by atoms with Crippen LogP contribution in [0.3, 0.4) is 0 Å². The van der Waals surface area contributed by atoms with E-state index in [4.69, 9.17) is 0 Å². The summed E-state index contributed by atoms with van der Waals surface area (Å²) in [5.41, 5.74) is 0. The summed E-state index contributed by atoms with van der Waals surface area (Å²) in [6, 6.07) is 3.80. The summed E-state index contributed by atoms with van der Waals surface area (Å²) >= 11 is 1.64. The minimum Gasteiger partial charge on any atom is -0.330 e. The molecule has 3 rings (SSSR count). The van der Waals surface area contributed by atoms with Gasteiger partial charge in [0, 0.05) is 27.6 Å². The third-order valence-electron chi connectivity index (χ3n) is 3.85. The fraction of sp³-hybridized carbons (Fsp3) is 0.643. The predicted molar refractivity (Wildman–Crippen MR) is 70.7 cm³/mol. The number of amides is 1. The van der Waals surface area contributed by atoms with Gasteiger partial charge in [-0.15, -0.1) is 11.3 Å². The van der Waals surface area contributed by atoms with Gasteiger partial charge in [-0.05, 0) is 38.3 Å². The molecule has 0 spiro atoms. The average Bonchev–Trinajstić information content (AvgIpc) is 3.24. The Bertz CT molecular complexity index is 521. The Morgan fingerprint density at radius 3 is 2.60 bits per heavy atom. The van der Waals surface area contributed by atoms with Gasteiger partial charge in [0.25, 0.3) is 0 Å². The maximum atomic E-state index is 12.6. The van der Waals surface area contributed by atoms with Crippen molar-refractivity contribution in [1.82, 2.24) is 4.90 Å². The number of thiophene rings is 1. The van der Waals surface area contributed by atoms with Gasteiger partial charge in [-0.1, -0.05) is 0 Å². The van der Waals surface area contributed by atoms with E-state index in [1.54, 1.807) is 11.3 Å². The van der Waals surface area contributed by atoms with E-state index in [0.717, 1.165) is 9.78 Å². The minimum atomic E-state index is -4.30. The normalized spacial score (nSPS) is 25.6. The second kappa shape index (κ2) is 4.76. The zero-order valence-electron chi connectivity index (χ0n) is 11.1. The highest BCUT2D eigenvalue weighted by Gasteiger charge is 2.50. The molecule has 110 valence electrons. The molecule has 2 aliphatic rings. The highest BCUT2D eigenvalue weighted by atomic mass is 32.1. The molecule has 1 heterocycles. The van der Waals surface area contributed by atoms with E-state index < -0.39 is 12.7 Å². The average molecular weight is 303 g/mol. The Kier molecular flexibility index (Phi) is 3.31. The molecule has 2 atom stereocenters. The number of halogens is 3. The molecule has 2 nitrogen and oxygen atoms in total. The molecule has 6 heteroatoms. The molecule has 0 unspecified atom stereocenters. The molecule has 0 aromatic carbocycles. The van der Waals surface area contributed by atoms with Gasteiger partial charge in [0.15, 0.2) is 0 Å². The van der Waals surface area contributed by atoms with Crippen molar-refractivity contribution in [3.63, 3.8) is 0 Å². The lowest BCUT2D eigenvalue weighted by Gasteiger charge is -2.24. The Hall–Kier alpha value is -1.04. The third-order valence-corrected chi connectivity index (χ3v) is 4.99. The fourth-order valence-electron chi connectivity index (χ4n) is 2.61. The third kappa shape index (κ3) is 3.00. The lowest BCUT2D eigenvalue weighted by atomic mass is 10.2. The molecular weight excluding hydrogens is 287 g/mol. The highest BCUT2D eigenvalue weighted by Crippen LogP contribution is 2.51. The number of hydrogen-bond acceptors (Lipinski definition) is 2. The first-order valence-corrected chi connectivity index (χ1v) is 7.60. The van der Waals surface area contributed by atoms with E-state index in [0.29, 0.717) is 19.3 Å². The van der Waals surface area contributed by atoms with E-state index in [9.17, 15) is 18.0 Å². The Balaban J connectivity index is 1.66. The lowest BCUT2D eigenvalue weighted by molar-refractivity contribution is -0.163. The van der Waals surface area contributed by atoms with Crippen molar-refractivity contribution in [3.8, 4) is 0 Å². The number of carbonyl (C=O) groups is 1. The van der Waals surface area contributed by atoms with Gasteiger partial charge in [0.05, 0.1) is 0 Å².